The molecule has 140 valence electrons. The molecule has 26 heavy (non-hydrogen) atoms. The van der Waals surface area contributed by atoms with E-state index in [-0.39, 0.29) is 11.7 Å². The summed E-state index contributed by atoms with van der Waals surface area (Å²) in [6.07, 6.45) is -3.67. The molecule has 1 heterocycles. The molecule has 0 aliphatic heterocycles. The maximum Gasteiger partial charge on any atom is 0.417 e. The number of ether oxygens (including phenoxy) is 1. The molecule has 0 N–H and O–H groups in total. The summed E-state index contributed by atoms with van der Waals surface area (Å²) in [5, 5.41) is 0.880. The molecule has 1 amide bonds. The van der Waals surface area contributed by atoms with Crippen LogP contribution in [-0.4, -0.2) is 35.7 Å². The minimum absolute atomic E-state index is 0.0533. The molecule has 1 aromatic heterocycles. The molecule has 0 saturated carbocycles. The summed E-state index contributed by atoms with van der Waals surface area (Å²) in [6.45, 7) is 0.295. The van der Waals surface area contributed by atoms with Crippen LogP contribution >= 0.6 is 23.4 Å². The summed E-state index contributed by atoms with van der Waals surface area (Å²) >= 11 is 7.04. The number of benzene rings is 1. The van der Waals surface area contributed by atoms with Crippen LogP contribution in [0.1, 0.15) is 11.1 Å². The van der Waals surface area contributed by atoms with E-state index in [4.69, 9.17) is 16.3 Å². The maximum absolute atomic E-state index is 12.5. The van der Waals surface area contributed by atoms with Crippen molar-refractivity contribution < 1.29 is 22.7 Å². The van der Waals surface area contributed by atoms with Gasteiger partial charge in [-0.25, -0.2) is 4.98 Å². The van der Waals surface area contributed by atoms with E-state index in [1.54, 1.807) is 25.2 Å². The predicted octanol–water partition coefficient (Wildman–Crippen LogP) is 4.51. The van der Waals surface area contributed by atoms with Crippen LogP contribution in [0.4, 0.5) is 13.2 Å². The van der Waals surface area contributed by atoms with Crippen molar-refractivity contribution in [1.82, 2.24) is 9.88 Å². The number of hydrogen-bond donors (Lipinski definition) is 0. The van der Waals surface area contributed by atoms with Gasteiger partial charge in [0, 0.05) is 30.4 Å². The Kier molecular flexibility index (Phi) is 6.77. The van der Waals surface area contributed by atoms with Crippen LogP contribution in [0.2, 0.25) is 5.02 Å². The van der Waals surface area contributed by atoms with Crippen LogP contribution in [0.3, 0.4) is 0 Å². The first-order valence-corrected chi connectivity index (χ1v) is 8.79. The second kappa shape index (κ2) is 8.64. The summed E-state index contributed by atoms with van der Waals surface area (Å²) in [7, 11) is 3.16. The van der Waals surface area contributed by atoms with Gasteiger partial charge in [0.15, 0.2) is 0 Å². The second-order valence-electron chi connectivity index (χ2n) is 5.38. The van der Waals surface area contributed by atoms with Crippen LogP contribution in [0.25, 0.3) is 0 Å². The van der Waals surface area contributed by atoms with Crippen molar-refractivity contribution in [3.05, 3.63) is 52.7 Å². The van der Waals surface area contributed by atoms with Crippen LogP contribution in [-0.2, 0) is 17.5 Å². The number of carbonyl (C=O) groups is 1. The van der Waals surface area contributed by atoms with E-state index in [2.05, 4.69) is 4.98 Å². The third kappa shape index (κ3) is 5.54. The van der Waals surface area contributed by atoms with E-state index in [0.29, 0.717) is 22.3 Å². The second-order valence-corrected chi connectivity index (χ2v) is 6.81. The molecular formula is C17H16ClF3N2O2S. The van der Waals surface area contributed by atoms with Gasteiger partial charge in [-0.05, 0) is 30.3 Å². The Balaban J connectivity index is 1.94. The lowest BCUT2D eigenvalue weighted by Gasteiger charge is -2.19. The summed E-state index contributed by atoms with van der Waals surface area (Å²) < 4.78 is 42.8. The first kappa shape index (κ1) is 20.4. The van der Waals surface area contributed by atoms with Crippen molar-refractivity contribution >= 4 is 29.3 Å². The zero-order chi connectivity index (χ0) is 19.3. The molecule has 1 aromatic carbocycles. The van der Waals surface area contributed by atoms with E-state index in [1.807, 2.05) is 0 Å². The minimum atomic E-state index is -4.43. The first-order chi connectivity index (χ1) is 12.2. The van der Waals surface area contributed by atoms with Crippen LogP contribution in [0.5, 0.6) is 5.75 Å². The van der Waals surface area contributed by atoms with Crippen LogP contribution in [0, 0.1) is 0 Å². The van der Waals surface area contributed by atoms with Crippen LogP contribution < -0.4 is 4.74 Å². The highest BCUT2D eigenvalue weighted by atomic mass is 35.5. The van der Waals surface area contributed by atoms with Gasteiger partial charge in [-0.3, -0.25) is 4.79 Å². The van der Waals surface area contributed by atoms with E-state index in [1.165, 1.54) is 18.1 Å². The number of pyridine rings is 1. The molecule has 0 aliphatic rings. The molecule has 0 radical (unpaired) electrons. The molecule has 0 fully saturated rings. The fourth-order valence-electron chi connectivity index (χ4n) is 2.09. The number of rotatable bonds is 6. The highest BCUT2D eigenvalue weighted by Gasteiger charge is 2.30. The zero-order valence-corrected chi connectivity index (χ0v) is 15.6. The summed E-state index contributed by atoms with van der Waals surface area (Å²) in [5.41, 5.74) is -0.0631. The third-order valence-corrected chi connectivity index (χ3v) is 4.65. The number of hydrogen-bond acceptors (Lipinski definition) is 4. The molecule has 2 aromatic rings. The number of aromatic nitrogens is 1. The number of halogens is 4. The number of thioether (sulfide) groups is 1. The number of nitrogens with zero attached hydrogens (tertiary/aromatic N) is 2. The standard InChI is InChI=1S/C17H16ClF3N2O2S/c1-23(9-11-7-13(18)4-5-14(11)25-2)16(24)10-26-15-6-3-12(8-22-15)17(19,20)21/h3-8H,9-10H2,1-2H3. The molecule has 0 unspecified atom stereocenters. The Morgan fingerprint density at radius 2 is 2.04 bits per heavy atom. The lowest BCUT2D eigenvalue weighted by molar-refractivity contribution is -0.138. The highest BCUT2D eigenvalue weighted by molar-refractivity contribution is 7.99. The summed E-state index contributed by atoms with van der Waals surface area (Å²) in [4.78, 5) is 17.5. The molecule has 0 spiro atoms. The minimum Gasteiger partial charge on any atom is -0.496 e. The summed E-state index contributed by atoms with van der Waals surface area (Å²) in [5.74, 6) is 0.474. The van der Waals surface area contributed by atoms with Gasteiger partial charge in [-0.15, -0.1) is 0 Å². The van der Waals surface area contributed by atoms with Crippen molar-refractivity contribution in [1.29, 1.82) is 0 Å². The average molecular weight is 405 g/mol. The normalized spacial score (nSPS) is 11.3. The molecule has 0 saturated heterocycles. The Bertz CT molecular complexity index is 770. The predicted molar refractivity (Wildman–Crippen MR) is 94.4 cm³/mol. The smallest absolute Gasteiger partial charge is 0.417 e. The molecule has 4 nitrogen and oxygen atoms in total. The summed E-state index contributed by atoms with van der Waals surface area (Å²) in [6, 6.07) is 7.32. The number of amides is 1. The maximum atomic E-state index is 12.5. The van der Waals surface area contributed by atoms with Crippen molar-refractivity contribution in [3.8, 4) is 5.75 Å². The van der Waals surface area contributed by atoms with E-state index >= 15 is 0 Å². The number of carbonyl (C=O) groups excluding carboxylic acids is 1. The molecule has 0 atom stereocenters. The molecule has 0 aliphatic carbocycles. The fourth-order valence-corrected chi connectivity index (χ4v) is 3.07. The van der Waals surface area contributed by atoms with E-state index in [9.17, 15) is 18.0 Å². The van der Waals surface area contributed by atoms with Gasteiger partial charge in [0.2, 0.25) is 5.91 Å². The Morgan fingerprint density at radius 1 is 1.31 bits per heavy atom. The van der Waals surface area contributed by atoms with Crippen molar-refractivity contribution in [3.63, 3.8) is 0 Å². The van der Waals surface area contributed by atoms with Gasteiger partial charge in [0.05, 0.1) is 23.5 Å². The average Bonchev–Trinajstić information content (AvgIpc) is 2.59. The van der Waals surface area contributed by atoms with Gasteiger partial charge in [-0.1, -0.05) is 23.4 Å². The quantitative estimate of drug-likeness (QED) is 0.664. The van der Waals surface area contributed by atoms with Crippen molar-refractivity contribution in [2.45, 2.75) is 17.7 Å². The molecule has 0 bridgehead atoms. The fraction of sp³-hybridized carbons (Fsp3) is 0.294. The van der Waals surface area contributed by atoms with E-state index < -0.39 is 11.7 Å². The Morgan fingerprint density at radius 3 is 2.62 bits per heavy atom. The number of alkyl halides is 3. The number of methoxy groups -OCH3 is 1. The van der Waals surface area contributed by atoms with Crippen molar-refractivity contribution in [2.24, 2.45) is 0 Å². The molecule has 9 heteroatoms. The van der Waals surface area contributed by atoms with Crippen molar-refractivity contribution in [2.75, 3.05) is 19.9 Å². The van der Waals surface area contributed by atoms with Gasteiger partial charge >= 0.3 is 6.18 Å². The highest BCUT2D eigenvalue weighted by Crippen LogP contribution is 2.29. The SMILES string of the molecule is COc1ccc(Cl)cc1CN(C)C(=O)CSc1ccc(C(F)(F)F)cn1. The third-order valence-electron chi connectivity index (χ3n) is 3.48. The van der Waals surface area contributed by atoms with Gasteiger partial charge in [0.25, 0.3) is 0 Å². The monoisotopic (exact) mass is 404 g/mol. The van der Waals surface area contributed by atoms with Gasteiger partial charge in [0.1, 0.15) is 5.75 Å². The zero-order valence-electron chi connectivity index (χ0n) is 14.0. The van der Waals surface area contributed by atoms with Gasteiger partial charge < -0.3 is 9.64 Å². The van der Waals surface area contributed by atoms with Crippen LogP contribution in [0.15, 0.2) is 41.6 Å². The first-order valence-electron chi connectivity index (χ1n) is 7.43. The van der Waals surface area contributed by atoms with E-state index in [0.717, 1.165) is 29.6 Å². The lowest BCUT2D eigenvalue weighted by atomic mass is 10.2. The Hall–Kier alpha value is -1.93. The van der Waals surface area contributed by atoms with Gasteiger partial charge in [-0.2, -0.15) is 13.2 Å². The molecule has 2 rings (SSSR count). The largest absolute Gasteiger partial charge is 0.496 e. The Labute approximate surface area is 158 Å². The topological polar surface area (TPSA) is 42.4 Å². The lowest BCUT2D eigenvalue weighted by Crippen LogP contribution is -2.28. The molecular weight excluding hydrogens is 389 g/mol.